The summed E-state index contributed by atoms with van der Waals surface area (Å²) in [6, 6.07) is 2.26. The van der Waals surface area contributed by atoms with Crippen LogP contribution in [-0.2, 0) is 16.8 Å². The van der Waals surface area contributed by atoms with Gasteiger partial charge in [-0.1, -0.05) is 0 Å². The Hall–Kier alpha value is -1.46. The van der Waals surface area contributed by atoms with Crippen LogP contribution in [0.4, 0.5) is 5.82 Å². The van der Waals surface area contributed by atoms with Gasteiger partial charge in [0.05, 0.1) is 12.8 Å². The average Bonchev–Trinajstić information content (AvgIpc) is 2.99. The Labute approximate surface area is 122 Å². The van der Waals surface area contributed by atoms with E-state index in [2.05, 4.69) is 26.3 Å². The Bertz CT molecular complexity index is 590. The topological polar surface area (TPSA) is 38.2 Å². The van der Waals surface area contributed by atoms with Crippen molar-refractivity contribution < 1.29 is 4.74 Å². The minimum Gasteiger partial charge on any atom is -0.369 e. The third-order valence-corrected chi connectivity index (χ3v) is 5.50. The molecule has 2 aromatic rings. The molecule has 0 N–H and O–H groups in total. The van der Waals surface area contributed by atoms with Gasteiger partial charge >= 0.3 is 0 Å². The molecule has 0 aliphatic carbocycles. The number of anilines is 1. The Morgan fingerprint density at radius 1 is 1.25 bits per heavy atom. The number of hydrogen-bond donors (Lipinski definition) is 0. The van der Waals surface area contributed by atoms with Crippen LogP contribution in [0.5, 0.6) is 0 Å². The molecular formula is C15H17N3OS. The molecule has 2 aliphatic rings. The fraction of sp³-hybridized carbons (Fsp3) is 0.467. The highest BCUT2D eigenvalue weighted by atomic mass is 32.1. The monoisotopic (exact) mass is 287 g/mol. The maximum atomic E-state index is 6.22. The van der Waals surface area contributed by atoms with Gasteiger partial charge in [0, 0.05) is 30.4 Å². The quantitative estimate of drug-likeness (QED) is 0.808. The van der Waals surface area contributed by atoms with E-state index in [1.165, 1.54) is 10.4 Å². The lowest BCUT2D eigenvalue weighted by atomic mass is 9.85. The summed E-state index contributed by atoms with van der Waals surface area (Å²) in [4.78, 5) is 12.3. The van der Waals surface area contributed by atoms with Crippen molar-refractivity contribution in [2.75, 3.05) is 24.6 Å². The zero-order valence-corrected chi connectivity index (χ0v) is 12.1. The number of piperidine rings is 1. The van der Waals surface area contributed by atoms with Gasteiger partial charge in [0.1, 0.15) is 11.4 Å². The molecule has 20 heavy (non-hydrogen) atoms. The molecule has 5 heteroatoms. The number of hydrogen-bond acceptors (Lipinski definition) is 5. The normalized spacial score (nSPS) is 20.9. The lowest BCUT2D eigenvalue weighted by molar-refractivity contribution is -0.0735. The third-order valence-electron chi connectivity index (χ3n) is 4.35. The lowest BCUT2D eigenvalue weighted by Gasteiger charge is -2.44. The molecule has 0 unspecified atom stereocenters. The van der Waals surface area contributed by atoms with Crippen LogP contribution in [0.3, 0.4) is 0 Å². The number of thiophene rings is 1. The van der Waals surface area contributed by atoms with E-state index in [-0.39, 0.29) is 5.60 Å². The van der Waals surface area contributed by atoms with Crippen LogP contribution in [-0.4, -0.2) is 29.7 Å². The van der Waals surface area contributed by atoms with Crippen LogP contribution >= 0.6 is 11.3 Å². The van der Waals surface area contributed by atoms with E-state index in [9.17, 15) is 0 Å². The highest BCUT2D eigenvalue weighted by Crippen LogP contribution is 2.44. The van der Waals surface area contributed by atoms with Crippen LogP contribution in [0.25, 0.3) is 0 Å². The molecule has 104 valence electrons. The summed E-state index contributed by atoms with van der Waals surface area (Å²) in [5, 5.41) is 2.20. The zero-order valence-electron chi connectivity index (χ0n) is 11.3. The fourth-order valence-corrected chi connectivity index (χ4v) is 4.44. The second-order valence-corrected chi connectivity index (χ2v) is 6.33. The van der Waals surface area contributed by atoms with E-state index in [1.807, 2.05) is 17.5 Å². The van der Waals surface area contributed by atoms with Gasteiger partial charge < -0.3 is 9.64 Å². The van der Waals surface area contributed by atoms with E-state index >= 15 is 0 Å². The largest absolute Gasteiger partial charge is 0.369 e. The molecule has 4 heterocycles. The molecule has 1 fully saturated rings. The van der Waals surface area contributed by atoms with Crippen molar-refractivity contribution in [1.29, 1.82) is 0 Å². The first-order valence-corrected chi connectivity index (χ1v) is 7.97. The minimum absolute atomic E-state index is 0.0412. The second kappa shape index (κ2) is 4.82. The molecule has 0 radical (unpaired) electrons. The molecule has 2 aromatic heterocycles. The Kier molecular flexibility index (Phi) is 2.97. The number of fused-ring (bicyclic) bond motifs is 2. The van der Waals surface area contributed by atoms with Crippen molar-refractivity contribution in [3.63, 3.8) is 0 Å². The highest BCUT2D eigenvalue weighted by Gasteiger charge is 2.41. The number of aromatic nitrogens is 2. The summed E-state index contributed by atoms with van der Waals surface area (Å²) in [6.07, 6.45) is 8.46. The maximum Gasteiger partial charge on any atom is 0.147 e. The van der Waals surface area contributed by atoms with E-state index in [4.69, 9.17) is 4.74 Å². The highest BCUT2D eigenvalue weighted by molar-refractivity contribution is 7.10. The van der Waals surface area contributed by atoms with Gasteiger partial charge in [-0.15, -0.1) is 11.3 Å². The molecule has 0 aromatic carbocycles. The third kappa shape index (κ3) is 1.93. The predicted octanol–water partition coefficient (Wildman–Crippen LogP) is 2.61. The summed E-state index contributed by atoms with van der Waals surface area (Å²) in [7, 11) is 0. The van der Waals surface area contributed by atoms with Crippen molar-refractivity contribution in [2.24, 2.45) is 0 Å². The van der Waals surface area contributed by atoms with Gasteiger partial charge in [-0.25, -0.2) is 4.98 Å². The van der Waals surface area contributed by atoms with Gasteiger partial charge in [0.2, 0.25) is 0 Å². The second-order valence-electron chi connectivity index (χ2n) is 5.42. The molecule has 2 aliphatic heterocycles. The maximum absolute atomic E-state index is 6.22. The summed E-state index contributed by atoms with van der Waals surface area (Å²) in [5.41, 5.74) is 1.45. The SMILES string of the molecule is c1cnc(N2CCC3(CC2)OCCc2ccsc23)cn1. The number of nitrogens with zero attached hydrogens (tertiary/aromatic N) is 3. The minimum atomic E-state index is -0.0412. The van der Waals surface area contributed by atoms with Gasteiger partial charge in [-0.05, 0) is 36.3 Å². The lowest BCUT2D eigenvalue weighted by Crippen LogP contribution is -2.46. The molecule has 0 bridgehead atoms. The molecule has 4 rings (SSSR count). The average molecular weight is 287 g/mol. The van der Waals surface area contributed by atoms with Gasteiger partial charge in [0.25, 0.3) is 0 Å². The first-order valence-electron chi connectivity index (χ1n) is 7.09. The van der Waals surface area contributed by atoms with Crippen molar-refractivity contribution in [1.82, 2.24) is 9.97 Å². The van der Waals surface area contributed by atoms with Crippen molar-refractivity contribution >= 4 is 17.2 Å². The van der Waals surface area contributed by atoms with Crippen molar-refractivity contribution in [3.05, 3.63) is 40.5 Å². The van der Waals surface area contributed by atoms with E-state index in [1.54, 1.807) is 12.4 Å². The molecule has 4 nitrogen and oxygen atoms in total. The van der Waals surface area contributed by atoms with E-state index < -0.39 is 0 Å². The van der Waals surface area contributed by atoms with Crippen LogP contribution in [0, 0.1) is 0 Å². The standard InChI is InChI=1S/C15H17N3OS/c1-9-19-15(14-12(1)2-10-20-14)3-7-18(8-4-15)13-11-16-5-6-17-13/h2,5-6,10-11H,1,3-4,7-9H2. The van der Waals surface area contributed by atoms with Crippen molar-refractivity contribution in [2.45, 2.75) is 24.9 Å². The Morgan fingerprint density at radius 2 is 2.15 bits per heavy atom. The van der Waals surface area contributed by atoms with Crippen LogP contribution in [0.1, 0.15) is 23.3 Å². The van der Waals surface area contributed by atoms with Gasteiger partial charge in [0.15, 0.2) is 0 Å². The van der Waals surface area contributed by atoms with Gasteiger partial charge in [-0.2, -0.15) is 0 Å². The zero-order chi connectivity index (χ0) is 13.4. The van der Waals surface area contributed by atoms with Crippen LogP contribution in [0.15, 0.2) is 30.0 Å². The molecule has 0 saturated carbocycles. The summed E-state index contributed by atoms with van der Waals surface area (Å²) >= 11 is 1.86. The van der Waals surface area contributed by atoms with Gasteiger partial charge in [-0.3, -0.25) is 4.98 Å². The van der Waals surface area contributed by atoms with Crippen LogP contribution < -0.4 is 4.90 Å². The van der Waals surface area contributed by atoms with E-state index in [0.29, 0.717) is 0 Å². The van der Waals surface area contributed by atoms with Crippen molar-refractivity contribution in [3.8, 4) is 0 Å². The molecule has 1 spiro atoms. The molecule has 1 saturated heterocycles. The summed E-state index contributed by atoms with van der Waals surface area (Å²) in [5.74, 6) is 0.976. The Morgan fingerprint density at radius 3 is 2.95 bits per heavy atom. The molecule has 0 atom stereocenters. The number of rotatable bonds is 1. The fourth-order valence-electron chi connectivity index (χ4n) is 3.28. The van der Waals surface area contributed by atoms with Crippen LogP contribution in [0.2, 0.25) is 0 Å². The summed E-state index contributed by atoms with van der Waals surface area (Å²) in [6.45, 7) is 2.82. The Balaban J connectivity index is 1.56. The first-order chi connectivity index (χ1) is 9.87. The molecule has 0 amide bonds. The molecular weight excluding hydrogens is 270 g/mol. The smallest absolute Gasteiger partial charge is 0.147 e. The number of ether oxygens (including phenoxy) is 1. The summed E-state index contributed by atoms with van der Waals surface area (Å²) < 4.78 is 6.22. The van der Waals surface area contributed by atoms with E-state index in [0.717, 1.165) is 44.8 Å². The predicted molar refractivity (Wildman–Crippen MR) is 79.1 cm³/mol. The first kappa shape index (κ1) is 12.3.